The highest BCUT2D eigenvalue weighted by molar-refractivity contribution is 5.75. The Hall–Kier alpha value is -1.35. The van der Waals surface area contributed by atoms with Crippen molar-refractivity contribution in [1.82, 2.24) is 9.97 Å². The molecule has 0 bridgehead atoms. The molecule has 1 saturated heterocycles. The SMILES string of the molecule is c1nc2ccc(CC3CO3)cc2[nH]1. The summed E-state index contributed by atoms with van der Waals surface area (Å²) in [5.41, 5.74) is 3.46. The zero-order valence-corrected chi connectivity index (χ0v) is 7.16. The molecular formula is C10H10N2O. The molecule has 3 nitrogen and oxygen atoms in total. The van der Waals surface area contributed by atoms with Crippen molar-refractivity contribution in [3.05, 3.63) is 30.1 Å². The van der Waals surface area contributed by atoms with Crippen molar-refractivity contribution in [2.45, 2.75) is 12.5 Å². The summed E-state index contributed by atoms with van der Waals surface area (Å²) < 4.78 is 5.18. The van der Waals surface area contributed by atoms with Crippen LogP contribution in [0.2, 0.25) is 0 Å². The van der Waals surface area contributed by atoms with Crippen LogP contribution < -0.4 is 0 Å². The van der Waals surface area contributed by atoms with Crippen LogP contribution in [0.4, 0.5) is 0 Å². The molecule has 0 amide bonds. The Labute approximate surface area is 75.7 Å². The van der Waals surface area contributed by atoms with Gasteiger partial charge in [0.15, 0.2) is 0 Å². The molecule has 1 aliphatic heterocycles. The predicted molar refractivity (Wildman–Crippen MR) is 49.5 cm³/mol. The lowest BCUT2D eigenvalue weighted by atomic mass is 10.1. The number of hydrogen-bond acceptors (Lipinski definition) is 2. The molecule has 3 rings (SSSR count). The molecule has 2 heterocycles. The fourth-order valence-corrected chi connectivity index (χ4v) is 1.56. The van der Waals surface area contributed by atoms with Crippen LogP contribution in [0.15, 0.2) is 24.5 Å². The Morgan fingerprint density at radius 1 is 1.54 bits per heavy atom. The second kappa shape index (κ2) is 2.57. The molecule has 1 aromatic carbocycles. The fraction of sp³-hybridized carbons (Fsp3) is 0.300. The maximum atomic E-state index is 5.18. The van der Waals surface area contributed by atoms with Crippen molar-refractivity contribution >= 4 is 11.0 Å². The van der Waals surface area contributed by atoms with E-state index in [-0.39, 0.29) is 0 Å². The topological polar surface area (TPSA) is 41.2 Å². The highest BCUT2D eigenvalue weighted by Gasteiger charge is 2.22. The third-order valence-electron chi connectivity index (χ3n) is 2.35. The summed E-state index contributed by atoms with van der Waals surface area (Å²) in [6, 6.07) is 6.30. The van der Waals surface area contributed by atoms with E-state index in [1.165, 1.54) is 5.56 Å². The van der Waals surface area contributed by atoms with Crippen molar-refractivity contribution in [3.8, 4) is 0 Å². The molecule has 0 aliphatic carbocycles. The van der Waals surface area contributed by atoms with Crippen LogP contribution in [-0.4, -0.2) is 22.7 Å². The number of benzene rings is 1. The fourth-order valence-electron chi connectivity index (χ4n) is 1.56. The molecule has 1 aliphatic rings. The first kappa shape index (κ1) is 7.09. The molecular weight excluding hydrogens is 164 g/mol. The molecule has 1 aromatic heterocycles. The second-order valence-electron chi connectivity index (χ2n) is 3.41. The minimum absolute atomic E-state index is 0.459. The van der Waals surface area contributed by atoms with Crippen LogP contribution in [0.5, 0.6) is 0 Å². The summed E-state index contributed by atoms with van der Waals surface area (Å²) in [5, 5.41) is 0. The van der Waals surface area contributed by atoms with Crippen LogP contribution >= 0.6 is 0 Å². The summed E-state index contributed by atoms with van der Waals surface area (Å²) in [4.78, 5) is 7.27. The largest absolute Gasteiger partial charge is 0.373 e. The van der Waals surface area contributed by atoms with Gasteiger partial charge in [-0.3, -0.25) is 0 Å². The molecule has 1 N–H and O–H groups in total. The summed E-state index contributed by atoms with van der Waals surface area (Å²) in [5.74, 6) is 0. The second-order valence-corrected chi connectivity index (χ2v) is 3.41. The number of imidazole rings is 1. The summed E-state index contributed by atoms with van der Waals surface area (Å²) >= 11 is 0. The van der Waals surface area contributed by atoms with Gasteiger partial charge in [-0.05, 0) is 17.7 Å². The highest BCUT2D eigenvalue weighted by atomic mass is 16.6. The maximum Gasteiger partial charge on any atom is 0.0931 e. The van der Waals surface area contributed by atoms with Crippen molar-refractivity contribution in [2.75, 3.05) is 6.61 Å². The Bertz CT molecular complexity index is 431. The van der Waals surface area contributed by atoms with Crippen LogP contribution in [0.25, 0.3) is 11.0 Å². The molecule has 13 heavy (non-hydrogen) atoms. The molecule has 0 saturated carbocycles. The van der Waals surface area contributed by atoms with E-state index < -0.39 is 0 Å². The molecule has 0 spiro atoms. The summed E-state index contributed by atoms with van der Waals surface area (Å²) in [6.45, 7) is 0.918. The Kier molecular flexibility index (Phi) is 1.40. The standard InChI is InChI=1S/C10H10N2O/c1-2-9-10(12-6-11-9)4-7(1)3-8-5-13-8/h1-2,4,6,8H,3,5H2,(H,11,12). The van der Waals surface area contributed by atoms with Gasteiger partial charge in [0, 0.05) is 6.42 Å². The maximum absolute atomic E-state index is 5.18. The van der Waals surface area contributed by atoms with Gasteiger partial charge in [0.05, 0.1) is 30.1 Å². The van der Waals surface area contributed by atoms with Crippen molar-refractivity contribution in [2.24, 2.45) is 0 Å². The van der Waals surface area contributed by atoms with Gasteiger partial charge in [-0.1, -0.05) is 6.07 Å². The van der Waals surface area contributed by atoms with E-state index in [1.807, 2.05) is 6.07 Å². The first-order valence-corrected chi connectivity index (χ1v) is 4.45. The van der Waals surface area contributed by atoms with Gasteiger partial charge in [-0.25, -0.2) is 4.98 Å². The summed E-state index contributed by atoms with van der Waals surface area (Å²) in [6.07, 6.45) is 3.21. The van der Waals surface area contributed by atoms with E-state index in [1.54, 1.807) is 6.33 Å². The van der Waals surface area contributed by atoms with Gasteiger partial charge in [0.25, 0.3) is 0 Å². The van der Waals surface area contributed by atoms with Crippen LogP contribution in [0.3, 0.4) is 0 Å². The number of fused-ring (bicyclic) bond motifs is 1. The number of rotatable bonds is 2. The monoisotopic (exact) mass is 174 g/mol. The number of hydrogen-bond donors (Lipinski definition) is 1. The third kappa shape index (κ3) is 1.31. The van der Waals surface area contributed by atoms with Gasteiger partial charge in [-0.15, -0.1) is 0 Å². The van der Waals surface area contributed by atoms with Gasteiger partial charge >= 0.3 is 0 Å². The van der Waals surface area contributed by atoms with Crippen LogP contribution in [0.1, 0.15) is 5.56 Å². The highest BCUT2D eigenvalue weighted by Crippen LogP contribution is 2.18. The third-order valence-corrected chi connectivity index (χ3v) is 2.35. The minimum atomic E-state index is 0.459. The van der Waals surface area contributed by atoms with Gasteiger partial charge in [0.2, 0.25) is 0 Å². The first-order valence-electron chi connectivity index (χ1n) is 4.45. The smallest absolute Gasteiger partial charge is 0.0931 e. The molecule has 3 heteroatoms. The molecule has 66 valence electrons. The van der Waals surface area contributed by atoms with E-state index in [2.05, 4.69) is 22.1 Å². The van der Waals surface area contributed by atoms with Crippen molar-refractivity contribution in [3.63, 3.8) is 0 Å². The normalized spacial score (nSPS) is 20.8. The number of aromatic nitrogens is 2. The van der Waals surface area contributed by atoms with Crippen molar-refractivity contribution in [1.29, 1.82) is 0 Å². The first-order chi connectivity index (χ1) is 6.42. The average Bonchev–Trinajstić information content (AvgIpc) is 2.83. The van der Waals surface area contributed by atoms with E-state index in [0.29, 0.717) is 6.10 Å². The van der Waals surface area contributed by atoms with E-state index in [9.17, 15) is 0 Å². The van der Waals surface area contributed by atoms with Gasteiger partial charge in [-0.2, -0.15) is 0 Å². The molecule has 0 radical (unpaired) electrons. The Balaban J connectivity index is 1.99. The van der Waals surface area contributed by atoms with Crippen LogP contribution in [-0.2, 0) is 11.2 Å². The number of epoxide rings is 1. The predicted octanol–water partition coefficient (Wildman–Crippen LogP) is 1.50. The Morgan fingerprint density at radius 3 is 3.31 bits per heavy atom. The number of nitrogens with zero attached hydrogens (tertiary/aromatic N) is 1. The number of aromatic amines is 1. The zero-order valence-electron chi connectivity index (χ0n) is 7.16. The van der Waals surface area contributed by atoms with Crippen LogP contribution in [0, 0.1) is 0 Å². The molecule has 2 aromatic rings. The zero-order chi connectivity index (χ0) is 8.67. The van der Waals surface area contributed by atoms with Gasteiger partial charge in [0.1, 0.15) is 0 Å². The lowest BCUT2D eigenvalue weighted by Gasteiger charge is -1.96. The minimum Gasteiger partial charge on any atom is -0.373 e. The summed E-state index contributed by atoms with van der Waals surface area (Å²) in [7, 11) is 0. The Morgan fingerprint density at radius 2 is 2.46 bits per heavy atom. The lowest BCUT2D eigenvalue weighted by molar-refractivity contribution is 0.407. The van der Waals surface area contributed by atoms with Gasteiger partial charge < -0.3 is 9.72 Å². The molecule has 1 unspecified atom stereocenters. The number of ether oxygens (including phenoxy) is 1. The molecule has 1 fully saturated rings. The number of H-pyrrole nitrogens is 1. The lowest BCUT2D eigenvalue weighted by Crippen LogP contribution is -1.92. The van der Waals surface area contributed by atoms with E-state index in [4.69, 9.17) is 4.74 Å². The van der Waals surface area contributed by atoms with E-state index in [0.717, 1.165) is 24.1 Å². The van der Waals surface area contributed by atoms with Crippen molar-refractivity contribution < 1.29 is 4.74 Å². The molecule has 1 atom stereocenters. The quantitative estimate of drug-likeness (QED) is 0.701. The average molecular weight is 174 g/mol. The number of nitrogens with one attached hydrogen (secondary N) is 1. The van der Waals surface area contributed by atoms with E-state index >= 15 is 0 Å².